The average Bonchev–Trinajstić information content (AvgIpc) is 2.73. The lowest BCUT2D eigenvalue weighted by atomic mass is 10.1. The number of halogens is 1. The second-order valence-electron chi connectivity index (χ2n) is 7.06. The molecule has 2 atom stereocenters. The van der Waals surface area contributed by atoms with Gasteiger partial charge in [0.15, 0.2) is 6.61 Å². The van der Waals surface area contributed by atoms with Gasteiger partial charge in [-0.3, -0.25) is 9.59 Å². The van der Waals surface area contributed by atoms with Gasteiger partial charge in [-0.05, 0) is 56.5 Å². The highest BCUT2D eigenvalue weighted by molar-refractivity contribution is 5.88. The maximum atomic E-state index is 13.0. The molecule has 2 amide bonds. The van der Waals surface area contributed by atoms with Crippen LogP contribution in [0.3, 0.4) is 0 Å². The van der Waals surface area contributed by atoms with Crippen LogP contribution in [-0.2, 0) is 16.0 Å². The van der Waals surface area contributed by atoms with Gasteiger partial charge in [0.2, 0.25) is 5.91 Å². The molecule has 0 spiro atoms. The molecule has 6 heteroatoms. The molecular weight excluding hydrogens is 371 g/mol. The SMILES string of the molecule is CC[C@H](C)NC(=O)[C@@H](C)N(CCc1ccccc1)C(=O)COc1ccc(F)cc1. The van der Waals surface area contributed by atoms with Gasteiger partial charge in [0.1, 0.15) is 17.6 Å². The van der Waals surface area contributed by atoms with Gasteiger partial charge in [0.25, 0.3) is 5.91 Å². The fourth-order valence-corrected chi connectivity index (χ4v) is 2.79. The Hall–Kier alpha value is -2.89. The summed E-state index contributed by atoms with van der Waals surface area (Å²) in [4.78, 5) is 27.0. The lowest BCUT2D eigenvalue weighted by Gasteiger charge is -2.29. The van der Waals surface area contributed by atoms with Crippen LogP contribution in [0.25, 0.3) is 0 Å². The van der Waals surface area contributed by atoms with E-state index in [1.165, 1.54) is 29.2 Å². The summed E-state index contributed by atoms with van der Waals surface area (Å²) in [6, 6.07) is 14.7. The summed E-state index contributed by atoms with van der Waals surface area (Å²) in [6.45, 7) is 5.81. The summed E-state index contributed by atoms with van der Waals surface area (Å²) in [5.41, 5.74) is 1.08. The second kappa shape index (κ2) is 11.2. The minimum atomic E-state index is -0.628. The van der Waals surface area contributed by atoms with Crippen LogP contribution in [-0.4, -0.2) is 41.9 Å². The molecule has 0 bridgehead atoms. The van der Waals surface area contributed by atoms with E-state index < -0.39 is 6.04 Å². The van der Waals surface area contributed by atoms with Gasteiger partial charge in [0.05, 0.1) is 0 Å². The number of benzene rings is 2. The van der Waals surface area contributed by atoms with Crippen molar-refractivity contribution in [2.24, 2.45) is 0 Å². The molecule has 0 radical (unpaired) electrons. The monoisotopic (exact) mass is 400 g/mol. The molecule has 2 rings (SSSR count). The number of nitrogens with one attached hydrogen (secondary N) is 1. The van der Waals surface area contributed by atoms with Crippen LogP contribution in [0.4, 0.5) is 4.39 Å². The highest BCUT2D eigenvalue weighted by Crippen LogP contribution is 2.12. The molecule has 5 nitrogen and oxygen atoms in total. The van der Waals surface area contributed by atoms with E-state index in [0.29, 0.717) is 18.7 Å². The van der Waals surface area contributed by atoms with Crippen molar-refractivity contribution in [3.8, 4) is 5.75 Å². The molecular formula is C23H29FN2O3. The van der Waals surface area contributed by atoms with Crippen molar-refractivity contribution in [2.75, 3.05) is 13.2 Å². The molecule has 0 fully saturated rings. The molecule has 2 aromatic rings. The van der Waals surface area contributed by atoms with Crippen molar-refractivity contribution in [1.82, 2.24) is 10.2 Å². The summed E-state index contributed by atoms with van der Waals surface area (Å²) in [6.07, 6.45) is 1.44. The first-order valence-electron chi connectivity index (χ1n) is 9.92. The van der Waals surface area contributed by atoms with Gasteiger partial charge in [-0.25, -0.2) is 4.39 Å². The zero-order valence-corrected chi connectivity index (χ0v) is 17.2. The maximum Gasteiger partial charge on any atom is 0.261 e. The zero-order chi connectivity index (χ0) is 21.2. The maximum absolute atomic E-state index is 13.0. The van der Waals surface area contributed by atoms with Crippen molar-refractivity contribution in [3.05, 3.63) is 66.0 Å². The fourth-order valence-electron chi connectivity index (χ4n) is 2.79. The Morgan fingerprint density at radius 2 is 1.72 bits per heavy atom. The van der Waals surface area contributed by atoms with Gasteiger partial charge < -0.3 is 15.0 Å². The quantitative estimate of drug-likeness (QED) is 0.663. The fraction of sp³-hybridized carbons (Fsp3) is 0.391. The van der Waals surface area contributed by atoms with E-state index in [1.807, 2.05) is 44.2 Å². The molecule has 0 saturated carbocycles. The summed E-state index contributed by atoms with van der Waals surface area (Å²) < 4.78 is 18.5. The minimum Gasteiger partial charge on any atom is -0.484 e. The third kappa shape index (κ3) is 7.22. The van der Waals surface area contributed by atoms with Crippen LogP contribution >= 0.6 is 0 Å². The lowest BCUT2D eigenvalue weighted by Crippen LogP contribution is -2.51. The number of carbonyl (C=O) groups excluding carboxylic acids is 2. The average molecular weight is 400 g/mol. The van der Waals surface area contributed by atoms with Gasteiger partial charge >= 0.3 is 0 Å². The predicted molar refractivity (Wildman–Crippen MR) is 111 cm³/mol. The van der Waals surface area contributed by atoms with Crippen molar-refractivity contribution in [1.29, 1.82) is 0 Å². The van der Waals surface area contributed by atoms with Crippen LogP contribution in [0.1, 0.15) is 32.8 Å². The minimum absolute atomic E-state index is 0.0338. The Balaban J connectivity index is 2.05. The topological polar surface area (TPSA) is 58.6 Å². The Bertz CT molecular complexity index is 780. The summed E-state index contributed by atoms with van der Waals surface area (Å²) in [5, 5.41) is 2.93. The summed E-state index contributed by atoms with van der Waals surface area (Å²) in [7, 11) is 0. The van der Waals surface area contributed by atoms with Gasteiger partial charge in [-0.1, -0.05) is 37.3 Å². The predicted octanol–water partition coefficient (Wildman–Crippen LogP) is 3.58. The van der Waals surface area contributed by atoms with Crippen molar-refractivity contribution < 1.29 is 18.7 Å². The number of ether oxygens (including phenoxy) is 1. The summed E-state index contributed by atoms with van der Waals surface area (Å²) in [5.74, 6) is -0.456. The van der Waals surface area contributed by atoms with E-state index in [4.69, 9.17) is 4.74 Å². The molecule has 0 unspecified atom stereocenters. The van der Waals surface area contributed by atoms with E-state index in [9.17, 15) is 14.0 Å². The number of amides is 2. The Morgan fingerprint density at radius 1 is 1.07 bits per heavy atom. The zero-order valence-electron chi connectivity index (χ0n) is 17.2. The first kappa shape index (κ1) is 22.4. The molecule has 0 saturated heterocycles. The van der Waals surface area contributed by atoms with E-state index >= 15 is 0 Å². The number of rotatable bonds is 10. The largest absolute Gasteiger partial charge is 0.484 e. The van der Waals surface area contributed by atoms with Crippen molar-refractivity contribution in [2.45, 2.75) is 45.7 Å². The Kier molecular flexibility index (Phi) is 8.65. The second-order valence-corrected chi connectivity index (χ2v) is 7.06. The molecule has 1 N–H and O–H groups in total. The third-order valence-electron chi connectivity index (χ3n) is 4.83. The van der Waals surface area contributed by atoms with E-state index in [-0.39, 0.29) is 30.3 Å². The van der Waals surface area contributed by atoms with Gasteiger partial charge in [-0.15, -0.1) is 0 Å². The van der Waals surface area contributed by atoms with E-state index in [2.05, 4.69) is 5.32 Å². The molecule has 156 valence electrons. The van der Waals surface area contributed by atoms with Crippen LogP contribution in [0, 0.1) is 5.82 Å². The van der Waals surface area contributed by atoms with Crippen LogP contribution < -0.4 is 10.1 Å². The standard InChI is InChI=1S/C23H29FN2O3/c1-4-17(2)25-23(28)18(3)26(15-14-19-8-6-5-7-9-19)22(27)16-29-21-12-10-20(24)11-13-21/h5-13,17-18H,4,14-16H2,1-3H3,(H,25,28)/t17-,18+/m0/s1. The number of nitrogens with zero attached hydrogens (tertiary/aromatic N) is 1. The number of hydrogen-bond donors (Lipinski definition) is 1. The van der Waals surface area contributed by atoms with Crippen LogP contribution in [0.15, 0.2) is 54.6 Å². The number of hydrogen-bond acceptors (Lipinski definition) is 3. The normalized spacial score (nSPS) is 12.7. The molecule has 0 aliphatic rings. The molecule has 0 aromatic heterocycles. The van der Waals surface area contributed by atoms with Gasteiger partial charge in [-0.2, -0.15) is 0 Å². The third-order valence-corrected chi connectivity index (χ3v) is 4.83. The number of carbonyl (C=O) groups is 2. The van der Waals surface area contributed by atoms with Crippen molar-refractivity contribution >= 4 is 11.8 Å². The van der Waals surface area contributed by atoms with E-state index in [0.717, 1.165) is 12.0 Å². The lowest BCUT2D eigenvalue weighted by molar-refractivity contribution is -0.141. The molecule has 0 heterocycles. The van der Waals surface area contributed by atoms with Gasteiger partial charge in [0, 0.05) is 12.6 Å². The molecule has 29 heavy (non-hydrogen) atoms. The van der Waals surface area contributed by atoms with Crippen LogP contribution in [0.5, 0.6) is 5.75 Å². The van der Waals surface area contributed by atoms with E-state index in [1.54, 1.807) is 6.92 Å². The highest BCUT2D eigenvalue weighted by atomic mass is 19.1. The first-order chi connectivity index (χ1) is 13.9. The molecule has 0 aliphatic carbocycles. The van der Waals surface area contributed by atoms with Crippen LogP contribution in [0.2, 0.25) is 0 Å². The molecule has 2 aromatic carbocycles. The highest BCUT2D eigenvalue weighted by Gasteiger charge is 2.26. The first-order valence-corrected chi connectivity index (χ1v) is 9.92. The molecule has 0 aliphatic heterocycles. The smallest absolute Gasteiger partial charge is 0.261 e. The van der Waals surface area contributed by atoms with Crippen molar-refractivity contribution in [3.63, 3.8) is 0 Å². The Morgan fingerprint density at radius 3 is 2.34 bits per heavy atom. The Labute approximate surface area is 171 Å². The summed E-state index contributed by atoms with van der Waals surface area (Å²) >= 11 is 0.